The number of rotatable bonds is 22. The summed E-state index contributed by atoms with van der Waals surface area (Å²) in [7, 11) is 3.07. The van der Waals surface area contributed by atoms with E-state index in [9.17, 15) is 19.2 Å². The molecule has 0 aliphatic rings. The third-order valence-electron chi connectivity index (χ3n) is 4.36. The van der Waals surface area contributed by atoms with Crippen LogP contribution in [0.2, 0.25) is 0 Å². The summed E-state index contributed by atoms with van der Waals surface area (Å²) in [5.74, 6) is -0.846. The molecule has 12 heteroatoms. The molecule has 0 saturated heterocycles. The lowest BCUT2D eigenvalue weighted by Gasteiger charge is -2.16. The maximum atomic E-state index is 11.5. The second kappa shape index (κ2) is 27.2. The van der Waals surface area contributed by atoms with Crippen molar-refractivity contribution >= 4 is 23.8 Å². The molecule has 0 heterocycles. The van der Waals surface area contributed by atoms with Crippen LogP contribution in [0.5, 0.6) is 0 Å². The van der Waals surface area contributed by atoms with E-state index < -0.39 is 6.10 Å². The topological polar surface area (TPSA) is 148 Å². The quantitative estimate of drug-likeness (QED) is 0.116. The average molecular weight is 547 g/mol. The summed E-state index contributed by atoms with van der Waals surface area (Å²) in [6.07, 6.45) is 4.19. The Morgan fingerprint density at radius 2 is 1.24 bits per heavy atom. The maximum Gasteiger partial charge on any atom is 0.306 e. The fraction of sp³-hybridized carbons (Fsp3) is 0.692. The van der Waals surface area contributed by atoms with Gasteiger partial charge in [0, 0.05) is 54.0 Å². The molecule has 0 rings (SSSR count). The SMILES string of the molecule is C=CCOCC(COC(=O)CCCNC(C)=O)OC.C=CCOCC(COC)OC(=O)CCCNC(C)=O. The molecule has 0 spiro atoms. The molecule has 220 valence electrons. The number of carbonyl (C=O) groups is 4. The summed E-state index contributed by atoms with van der Waals surface area (Å²) in [6, 6.07) is 0. The van der Waals surface area contributed by atoms with Gasteiger partial charge in [-0.3, -0.25) is 19.2 Å². The summed E-state index contributed by atoms with van der Waals surface area (Å²) < 4.78 is 30.8. The number of hydrogen-bond acceptors (Lipinski definition) is 10. The van der Waals surface area contributed by atoms with Gasteiger partial charge in [0.05, 0.1) is 33.0 Å². The first-order chi connectivity index (χ1) is 18.2. The van der Waals surface area contributed by atoms with E-state index in [1.807, 2.05) is 0 Å². The zero-order valence-corrected chi connectivity index (χ0v) is 23.3. The first-order valence-corrected chi connectivity index (χ1v) is 12.4. The molecule has 0 fully saturated rings. The Bertz CT molecular complexity index is 672. The Labute approximate surface area is 226 Å². The number of hydrogen-bond donors (Lipinski definition) is 2. The Hall–Kier alpha value is -2.80. The first-order valence-electron chi connectivity index (χ1n) is 12.4. The standard InChI is InChI=1S/2C13H23NO5/c1-4-8-18-9-12(17-3)10-19-13(16)6-5-7-14-11(2)15;1-4-8-18-10-12(9-17-3)19-13(16)6-5-7-14-11(2)15/h2*4,12H,1,5-10H2,2-3H3,(H,14,15). The van der Waals surface area contributed by atoms with Gasteiger partial charge in [-0.05, 0) is 12.8 Å². The minimum atomic E-state index is -0.418. The smallest absolute Gasteiger partial charge is 0.306 e. The second-order valence-electron chi connectivity index (χ2n) is 7.93. The van der Waals surface area contributed by atoms with Gasteiger partial charge in [-0.2, -0.15) is 0 Å². The fourth-order valence-electron chi connectivity index (χ4n) is 2.55. The highest BCUT2D eigenvalue weighted by atomic mass is 16.6. The second-order valence-corrected chi connectivity index (χ2v) is 7.93. The largest absolute Gasteiger partial charge is 0.463 e. The molecule has 0 aliphatic heterocycles. The predicted molar refractivity (Wildman–Crippen MR) is 141 cm³/mol. The minimum absolute atomic E-state index is 0.104. The molecule has 2 unspecified atom stereocenters. The summed E-state index contributed by atoms with van der Waals surface area (Å²) in [4.78, 5) is 44.2. The molecule has 2 amide bonds. The highest BCUT2D eigenvalue weighted by Crippen LogP contribution is 2.00. The van der Waals surface area contributed by atoms with Gasteiger partial charge in [0.15, 0.2) is 0 Å². The Morgan fingerprint density at radius 3 is 1.68 bits per heavy atom. The Balaban J connectivity index is 0. The van der Waals surface area contributed by atoms with Crippen molar-refractivity contribution in [3.05, 3.63) is 25.3 Å². The van der Waals surface area contributed by atoms with Crippen LogP contribution in [0.1, 0.15) is 39.5 Å². The van der Waals surface area contributed by atoms with Crippen molar-refractivity contribution in [2.45, 2.75) is 51.7 Å². The van der Waals surface area contributed by atoms with E-state index in [0.29, 0.717) is 45.8 Å². The van der Waals surface area contributed by atoms with E-state index in [2.05, 4.69) is 23.8 Å². The van der Waals surface area contributed by atoms with Gasteiger partial charge in [-0.1, -0.05) is 12.2 Å². The molecule has 0 aromatic heterocycles. The predicted octanol–water partition coefficient (Wildman–Crippen LogP) is 1.33. The average Bonchev–Trinajstić information content (AvgIpc) is 2.87. The van der Waals surface area contributed by atoms with Crippen LogP contribution in [0.25, 0.3) is 0 Å². The summed E-state index contributed by atoms with van der Waals surface area (Å²) in [6.45, 7) is 12.8. The van der Waals surface area contributed by atoms with Crippen molar-refractivity contribution in [1.29, 1.82) is 0 Å². The van der Waals surface area contributed by atoms with E-state index in [4.69, 9.17) is 28.4 Å². The van der Waals surface area contributed by atoms with Crippen LogP contribution in [-0.4, -0.2) is 103 Å². The van der Waals surface area contributed by atoms with Gasteiger partial charge < -0.3 is 39.1 Å². The van der Waals surface area contributed by atoms with E-state index >= 15 is 0 Å². The van der Waals surface area contributed by atoms with E-state index in [0.717, 1.165) is 0 Å². The molecule has 0 aromatic carbocycles. The van der Waals surface area contributed by atoms with Crippen molar-refractivity contribution in [1.82, 2.24) is 10.6 Å². The van der Waals surface area contributed by atoms with Gasteiger partial charge in [0.25, 0.3) is 0 Å². The van der Waals surface area contributed by atoms with Crippen molar-refractivity contribution in [2.75, 3.05) is 67.0 Å². The maximum absolute atomic E-state index is 11.5. The van der Waals surface area contributed by atoms with Crippen LogP contribution in [-0.2, 0) is 47.6 Å². The summed E-state index contributed by atoms with van der Waals surface area (Å²) in [5, 5.41) is 5.22. The van der Waals surface area contributed by atoms with Crippen LogP contribution >= 0.6 is 0 Å². The number of ether oxygens (including phenoxy) is 6. The molecule has 0 radical (unpaired) electrons. The lowest BCUT2D eigenvalue weighted by atomic mass is 10.3. The minimum Gasteiger partial charge on any atom is -0.463 e. The van der Waals surface area contributed by atoms with E-state index in [-0.39, 0.29) is 62.5 Å². The normalized spacial score (nSPS) is 11.7. The molecular formula is C26H46N2O10. The van der Waals surface area contributed by atoms with Crippen LogP contribution in [0.15, 0.2) is 25.3 Å². The van der Waals surface area contributed by atoms with Crippen molar-refractivity contribution in [3.8, 4) is 0 Å². The number of esters is 2. The summed E-state index contributed by atoms with van der Waals surface area (Å²) in [5.41, 5.74) is 0. The number of carbonyl (C=O) groups excluding carboxylic acids is 4. The zero-order chi connectivity index (χ0) is 29.0. The molecule has 0 aliphatic carbocycles. The van der Waals surface area contributed by atoms with Crippen LogP contribution in [0.4, 0.5) is 0 Å². The zero-order valence-electron chi connectivity index (χ0n) is 23.3. The Kier molecular flexibility index (Phi) is 26.8. The fourth-order valence-corrected chi connectivity index (χ4v) is 2.55. The summed E-state index contributed by atoms with van der Waals surface area (Å²) >= 11 is 0. The van der Waals surface area contributed by atoms with Crippen LogP contribution in [0.3, 0.4) is 0 Å². The first kappa shape index (κ1) is 37.4. The van der Waals surface area contributed by atoms with Crippen molar-refractivity contribution < 1.29 is 47.6 Å². The molecular weight excluding hydrogens is 500 g/mol. The van der Waals surface area contributed by atoms with Gasteiger partial charge in [0.2, 0.25) is 11.8 Å². The van der Waals surface area contributed by atoms with Gasteiger partial charge >= 0.3 is 11.9 Å². The molecule has 0 aromatic rings. The number of nitrogens with one attached hydrogen (secondary N) is 2. The third-order valence-corrected chi connectivity index (χ3v) is 4.36. The lowest BCUT2D eigenvalue weighted by molar-refractivity contribution is -0.155. The van der Waals surface area contributed by atoms with Crippen LogP contribution < -0.4 is 10.6 Å². The van der Waals surface area contributed by atoms with Crippen molar-refractivity contribution in [3.63, 3.8) is 0 Å². The van der Waals surface area contributed by atoms with Crippen molar-refractivity contribution in [2.24, 2.45) is 0 Å². The molecule has 0 bridgehead atoms. The monoisotopic (exact) mass is 546 g/mol. The molecule has 12 nitrogen and oxygen atoms in total. The van der Waals surface area contributed by atoms with Crippen LogP contribution in [0, 0.1) is 0 Å². The molecule has 38 heavy (non-hydrogen) atoms. The third kappa shape index (κ3) is 27.8. The number of methoxy groups -OCH3 is 2. The highest BCUT2D eigenvalue weighted by molar-refractivity contribution is 5.73. The lowest BCUT2D eigenvalue weighted by Crippen LogP contribution is -2.28. The van der Waals surface area contributed by atoms with Gasteiger partial charge in [-0.25, -0.2) is 0 Å². The van der Waals surface area contributed by atoms with Gasteiger partial charge in [0.1, 0.15) is 18.8 Å². The number of amides is 2. The van der Waals surface area contributed by atoms with E-state index in [1.54, 1.807) is 12.2 Å². The van der Waals surface area contributed by atoms with E-state index in [1.165, 1.54) is 28.1 Å². The highest BCUT2D eigenvalue weighted by Gasteiger charge is 2.14. The molecule has 0 saturated carbocycles. The molecule has 2 N–H and O–H groups in total. The van der Waals surface area contributed by atoms with Gasteiger partial charge in [-0.15, -0.1) is 13.2 Å². The Morgan fingerprint density at radius 1 is 0.737 bits per heavy atom. The molecule has 2 atom stereocenters.